The smallest absolute Gasteiger partial charge is 0.342 e. The number of carboxylic acid groups (broad SMARTS) is 1. The summed E-state index contributed by atoms with van der Waals surface area (Å²) >= 11 is 0. The number of benzene rings is 2. The van der Waals surface area contributed by atoms with Crippen LogP contribution in [-0.2, 0) is 6.42 Å². The lowest BCUT2D eigenvalue weighted by Crippen LogP contribution is -2.06. The number of rotatable bonds is 5. The number of halogens is 1. The van der Waals surface area contributed by atoms with E-state index in [1.165, 1.54) is 12.1 Å². The standard InChI is InChI=1S/C19H17FO5/c1-3-5-12-13(8-9-15-18(12)24-10-23-15)25-14-7-6-11(4-2)17(20)16(14)19(21)22/h3,5-9H,4,10H2,1-2H3,(H,21,22). The minimum atomic E-state index is -1.38. The Morgan fingerprint density at radius 3 is 2.72 bits per heavy atom. The number of aromatic carboxylic acids is 1. The average Bonchev–Trinajstić information content (AvgIpc) is 3.06. The molecular formula is C19H17FO5. The van der Waals surface area contributed by atoms with Crippen molar-refractivity contribution in [2.24, 2.45) is 0 Å². The fourth-order valence-electron chi connectivity index (χ4n) is 2.67. The van der Waals surface area contributed by atoms with Crippen molar-refractivity contribution in [1.82, 2.24) is 0 Å². The van der Waals surface area contributed by atoms with Crippen LogP contribution in [0.4, 0.5) is 4.39 Å². The molecule has 5 nitrogen and oxygen atoms in total. The number of hydrogen-bond donors (Lipinski definition) is 1. The normalized spacial score (nSPS) is 12.6. The first-order valence-electron chi connectivity index (χ1n) is 7.84. The SMILES string of the molecule is CC=Cc1c(Oc2ccc(CC)c(F)c2C(=O)O)ccc2c1OCO2. The van der Waals surface area contributed by atoms with Crippen molar-refractivity contribution in [3.63, 3.8) is 0 Å². The Balaban J connectivity index is 2.10. The summed E-state index contributed by atoms with van der Waals surface area (Å²) in [7, 11) is 0. The van der Waals surface area contributed by atoms with Gasteiger partial charge in [-0.05, 0) is 37.1 Å². The molecule has 0 amide bonds. The van der Waals surface area contributed by atoms with E-state index in [4.69, 9.17) is 14.2 Å². The number of allylic oxidation sites excluding steroid dienone is 1. The monoisotopic (exact) mass is 344 g/mol. The van der Waals surface area contributed by atoms with Gasteiger partial charge < -0.3 is 19.3 Å². The molecule has 0 bridgehead atoms. The highest BCUT2D eigenvalue weighted by molar-refractivity contribution is 5.91. The second-order valence-electron chi connectivity index (χ2n) is 5.38. The minimum absolute atomic E-state index is 0.0631. The molecule has 25 heavy (non-hydrogen) atoms. The summed E-state index contributed by atoms with van der Waals surface area (Å²) in [4.78, 5) is 11.5. The van der Waals surface area contributed by atoms with Crippen LogP contribution in [-0.4, -0.2) is 17.9 Å². The van der Waals surface area contributed by atoms with Gasteiger partial charge in [-0.15, -0.1) is 0 Å². The molecule has 0 aromatic heterocycles. The maximum atomic E-state index is 14.4. The largest absolute Gasteiger partial charge is 0.477 e. The highest BCUT2D eigenvalue weighted by Crippen LogP contribution is 2.43. The number of carbonyl (C=O) groups is 1. The van der Waals surface area contributed by atoms with Gasteiger partial charge in [-0.3, -0.25) is 0 Å². The fraction of sp³-hybridized carbons (Fsp3) is 0.211. The molecule has 0 saturated carbocycles. The summed E-state index contributed by atoms with van der Waals surface area (Å²) in [5.74, 6) is -0.776. The molecule has 1 aliphatic rings. The van der Waals surface area contributed by atoms with Crippen LogP contribution >= 0.6 is 0 Å². The summed E-state index contributed by atoms with van der Waals surface area (Å²) in [6.07, 6.45) is 3.95. The van der Waals surface area contributed by atoms with E-state index in [0.29, 0.717) is 34.8 Å². The van der Waals surface area contributed by atoms with Crippen LogP contribution < -0.4 is 14.2 Å². The van der Waals surface area contributed by atoms with Crippen molar-refractivity contribution < 1.29 is 28.5 Å². The third kappa shape index (κ3) is 3.03. The van der Waals surface area contributed by atoms with E-state index >= 15 is 0 Å². The summed E-state index contributed by atoms with van der Waals surface area (Å²) in [5.41, 5.74) is 0.446. The maximum absolute atomic E-state index is 14.4. The molecule has 0 spiro atoms. The van der Waals surface area contributed by atoms with Gasteiger partial charge in [0.1, 0.15) is 22.9 Å². The van der Waals surface area contributed by atoms with Gasteiger partial charge in [0.25, 0.3) is 0 Å². The highest BCUT2D eigenvalue weighted by Gasteiger charge is 2.24. The predicted octanol–water partition coefficient (Wildman–Crippen LogP) is 4.64. The highest BCUT2D eigenvalue weighted by atomic mass is 19.1. The van der Waals surface area contributed by atoms with E-state index in [2.05, 4.69) is 0 Å². The molecule has 0 aliphatic carbocycles. The predicted molar refractivity (Wildman–Crippen MR) is 90.1 cm³/mol. The lowest BCUT2D eigenvalue weighted by Gasteiger charge is -2.14. The molecule has 130 valence electrons. The first kappa shape index (κ1) is 16.8. The van der Waals surface area contributed by atoms with E-state index < -0.39 is 17.3 Å². The molecule has 3 rings (SSSR count). The van der Waals surface area contributed by atoms with Gasteiger partial charge in [-0.25, -0.2) is 9.18 Å². The minimum Gasteiger partial charge on any atom is -0.477 e. The maximum Gasteiger partial charge on any atom is 0.342 e. The van der Waals surface area contributed by atoms with Crippen LogP contribution in [0.25, 0.3) is 6.08 Å². The summed E-state index contributed by atoms with van der Waals surface area (Å²) < 4.78 is 31.0. The van der Waals surface area contributed by atoms with Gasteiger partial charge in [0.05, 0.1) is 5.56 Å². The molecule has 0 saturated heterocycles. The van der Waals surface area contributed by atoms with Gasteiger partial charge in [0.2, 0.25) is 6.79 Å². The average molecular weight is 344 g/mol. The van der Waals surface area contributed by atoms with Gasteiger partial charge in [0, 0.05) is 0 Å². The molecule has 1 aliphatic heterocycles. The Morgan fingerprint density at radius 1 is 1.28 bits per heavy atom. The topological polar surface area (TPSA) is 65.0 Å². The lowest BCUT2D eigenvalue weighted by atomic mass is 10.1. The van der Waals surface area contributed by atoms with Gasteiger partial charge in [0.15, 0.2) is 11.5 Å². The molecular weight excluding hydrogens is 327 g/mol. The Kier molecular flexibility index (Phi) is 4.61. The van der Waals surface area contributed by atoms with E-state index in [1.54, 1.807) is 31.2 Å². The van der Waals surface area contributed by atoms with E-state index in [0.717, 1.165) is 0 Å². The number of fused-ring (bicyclic) bond motifs is 1. The van der Waals surface area contributed by atoms with Crippen LogP contribution in [0, 0.1) is 5.82 Å². The number of carboxylic acids is 1. The fourth-order valence-corrected chi connectivity index (χ4v) is 2.67. The van der Waals surface area contributed by atoms with Crippen LogP contribution in [0.1, 0.15) is 35.3 Å². The molecule has 2 aromatic rings. The van der Waals surface area contributed by atoms with Gasteiger partial charge >= 0.3 is 5.97 Å². The Bertz CT molecular complexity index is 857. The first-order valence-corrected chi connectivity index (χ1v) is 7.84. The van der Waals surface area contributed by atoms with Crippen LogP contribution in [0.3, 0.4) is 0 Å². The zero-order valence-corrected chi connectivity index (χ0v) is 13.8. The first-order chi connectivity index (χ1) is 12.1. The Morgan fingerprint density at radius 2 is 2.04 bits per heavy atom. The molecule has 1 heterocycles. The molecule has 0 radical (unpaired) electrons. The molecule has 6 heteroatoms. The van der Waals surface area contributed by atoms with Crippen molar-refractivity contribution in [3.05, 3.63) is 52.8 Å². The Hall–Kier alpha value is -3.02. The zero-order valence-electron chi connectivity index (χ0n) is 13.8. The molecule has 2 aromatic carbocycles. The van der Waals surface area contributed by atoms with Crippen molar-refractivity contribution >= 4 is 12.0 Å². The molecule has 0 atom stereocenters. The van der Waals surface area contributed by atoms with E-state index in [9.17, 15) is 14.3 Å². The van der Waals surface area contributed by atoms with Crippen LogP contribution in [0.5, 0.6) is 23.0 Å². The van der Waals surface area contributed by atoms with Crippen molar-refractivity contribution in [1.29, 1.82) is 0 Å². The number of ether oxygens (including phenoxy) is 3. The second-order valence-corrected chi connectivity index (χ2v) is 5.38. The van der Waals surface area contributed by atoms with Crippen molar-refractivity contribution in [3.8, 4) is 23.0 Å². The molecule has 0 unspecified atom stereocenters. The number of hydrogen-bond acceptors (Lipinski definition) is 4. The van der Waals surface area contributed by atoms with E-state index in [1.807, 2.05) is 6.92 Å². The second kappa shape index (κ2) is 6.84. The summed E-state index contributed by atoms with van der Waals surface area (Å²) in [6, 6.07) is 6.30. The molecule has 1 N–H and O–H groups in total. The van der Waals surface area contributed by atoms with Crippen molar-refractivity contribution in [2.45, 2.75) is 20.3 Å². The van der Waals surface area contributed by atoms with E-state index in [-0.39, 0.29) is 12.5 Å². The quantitative estimate of drug-likeness (QED) is 0.856. The third-order valence-corrected chi connectivity index (χ3v) is 3.87. The zero-order chi connectivity index (χ0) is 18.0. The van der Waals surface area contributed by atoms with Gasteiger partial charge in [-0.1, -0.05) is 25.1 Å². The van der Waals surface area contributed by atoms with Gasteiger partial charge in [-0.2, -0.15) is 0 Å². The Labute approximate surface area is 144 Å². The third-order valence-electron chi connectivity index (χ3n) is 3.87. The molecule has 0 fully saturated rings. The van der Waals surface area contributed by atoms with Crippen molar-refractivity contribution in [2.75, 3.05) is 6.79 Å². The summed E-state index contributed by atoms with van der Waals surface area (Å²) in [5, 5.41) is 9.39. The van der Waals surface area contributed by atoms with Crippen LogP contribution in [0.2, 0.25) is 0 Å². The van der Waals surface area contributed by atoms with Crippen LogP contribution in [0.15, 0.2) is 30.3 Å². The summed E-state index contributed by atoms with van der Waals surface area (Å²) in [6.45, 7) is 3.69. The lowest BCUT2D eigenvalue weighted by molar-refractivity contribution is 0.0688. The number of aryl methyl sites for hydroxylation is 1.